The Morgan fingerprint density at radius 2 is 2.44 bits per heavy atom. The predicted octanol–water partition coefficient (Wildman–Crippen LogP) is 0.756. The number of pyridine rings is 1. The number of aromatic nitrogens is 3. The third-order valence-electron chi connectivity index (χ3n) is 3.01. The van der Waals surface area contributed by atoms with E-state index in [-0.39, 0.29) is 0 Å². The summed E-state index contributed by atoms with van der Waals surface area (Å²) < 4.78 is 0. The molecule has 1 aliphatic rings. The fourth-order valence-corrected chi connectivity index (χ4v) is 2.22. The molecule has 1 aliphatic heterocycles. The monoisotopic (exact) mass is 217 g/mol. The highest BCUT2D eigenvalue weighted by Gasteiger charge is 2.19. The lowest BCUT2D eigenvalue weighted by Crippen LogP contribution is -2.49. The average Bonchev–Trinajstić information content (AvgIpc) is 2.76. The van der Waals surface area contributed by atoms with E-state index in [4.69, 9.17) is 0 Å². The minimum Gasteiger partial charge on any atom is -0.352 e. The van der Waals surface area contributed by atoms with Gasteiger partial charge in [-0.15, -0.1) is 0 Å². The van der Waals surface area contributed by atoms with Crippen molar-refractivity contribution in [2.24, 2.45) is 0 Å². The maximum absolute atomic E-state index is 4.46. The number of nitrogens with one attached hydrogen (secondary N) is 2. The molecule has 2 aromatic heterocycles. The molecule has 1 saturated heterocycles. The first-order valence-corrected chi connectivity index (χ1v) is 5.61. The Morgan fingerprint density at radius 1 is 1.50 bits per heavy atom. The van der Waals surface area contributed by atoms with Crippen LogP contribution < -0.4 is 10.2 Å². The van der Waals surface area contributed by atoms with E-state index >= 15 is 0 Å². The largest absolute Gasteiger partial charge is 0.352 e. The lowest BCUT2D eigenvalue weighted by molar-refractivity contribution is 0.483. The number of piperazine rings is 1. The highest BCUT2D eigenvalue weighted by molar-refractivity contribution is 5.88. The minimum atomic E-state index is 0.508. The summed E-state index contributed by atoms with van der Waals surface area (Å²) in [5, 5.41) is 11.6. The first-order valence-electron chi connectivity index (χ1n) is 5.61. The van der Waals surface area contributed by atoms with Crippen LogP contribution in [0.3, 0.4) is 0 Å². The molecule has 0 unspecified atom stereocenters. The van der Waals surface area contributed by atoms with E-state index < -0.39 is 0 Å². The SMILES string of the molecule is C[C@H]1CN(c2nccc3cn[nH]c23)CCN1. The predicted molar refractivity (Wildman–Crippen MR) is 63.6 cm³/mol. The zero-order valence-corrected chi connectivity index (χ0v) is 9.27. The molecule has 1 fully saturated rings. The van der Waals surface area contributed by atoms with Gasteiger partial charge in [0.05, 0.1) is 6.20 Å². The van der Waals surface area contributed by atoms with Crippen molar-refractivity contribution in [3.05, 3.63) is 18.5 Å². The van der Waals surface area contributed by atoms with Crippen molar-refractivity contribution >= 4 is 16.7 Å². The molecule has 0 saturated carbocycles. The van der Waals surface area contributed by atoms with Crippen molar-refractivity contribution in [3.8, 4) is 0 Å². The van der Waals surface area contributed by atoms with Crippen molar-refractivity contribution in [1.29, 1.82) is 0 Å². The van der Waals surface area contributed by atoms with Gasteiger partial charge < -0.3 is 10.2 Å². The summed E-state index contributed by atoms with van der Waals surface area (Å²) in [6, 6.07) is 2.49. The molecule has 84 valence electrons. The van der Waals surface area contributed by atoms with Crippen LogP contribution in [-0.4, -0.2) is 40.9 Å². The average molecular weight is 217 g/mol. The maximum atomic E-state index is 4.46. The Hall–Kier alpha value is -1.62. The molecular formula is C11H15N5. The van der Waals surface area contributed by atoms with Gasteiger partial charge in [-0.2, -0.15) is 5.10 Å². The summed E-state index contributed by atoms with van der Waals surface area (Å²) in [6.07, 6.45) is 3.69. The van der Waals surface area contributed by atoms with E-state index in [1.807, 2.05) is 18.5 Å². The summed E-state index contributed by atoms with van der Waals surface area (Å²) in [7, 11) is 0. The van der Waals surface area contributed by atoms with Crippen LogP contribution in [0, 0.1) is 0 Å². The zero-order valence-electron chi connectivity index (χ0n) is 9.27. The molecule has 2 aromatic rings. The quantitative estimate of drug-likeness (QED) is 0.740. The summed E-state index contributed by atoms with van der Waals surface area (Å²) >= 11 is 0. The summed E-state index contributed by atoms with van der Waals surface area (Å²) in [4.78, 5) is 6.77. The Kier molecular flexibility index (Phi) is 2.25. The Morgan fingerprint density at radius 3 is 3.31 bits per heavy atom. The van der Waals surface area contributed by atoms with Gasteiger partial charge in [0.25, 0.3) is 0 Å². The fourth-order valence-electron chi connectivity index (χ4n) is 2.22. The van der Waals surface area contributed by atoms with Crippen LogP contribution >= 0.6 is 0 Å². The highest BCUT2D eigenvalue weighted by Crippen LogP contribution is 2.22. The molecule has 3 rings (SSSR count). The van der Waals surface area contributed by atoms with Crippen molar-refractivity contribution in [3.63, 3.8) is 0 Å². The number of aromatic amines is 1. The summed E-state index contributed by atoms with van der Waals surface area (Å²) in [5.74, 6) is 1.02. The van der Waals surface area contributed by atoms with Gasteiger partial charge in [-0.1, -0.05) is 0 Å². The molecule has 0 aromatic carbocycles. The normalized spacial score (nSPS) is 21.6. The van der Waals surface area contributed by atoms with Crippen LogP contribution in [0.15, 0.2) is 18.5 Å². The van der Waals surface area contributed by atoms with E-state index in [0.29, 0.717) is 6.04 Å². The third-order valence-corrected chi connectivity index (χ3v) is 3.01. The molecule has 0 bridgehead atoms. The van der Waals surface area contributed by atoms with Crippen LogP contribution in [0.2, 0.25) is 0 Å². The second-order valence-corrected chi connectivity index (χ2v) is 4.27. The number of rotatable bonds is 1. The number of anilines is 1. The lowest BCUT2D eigenvalue weighted by atomic mass is 10.2. The molecular weight excluding hydrogens is 202 g/mol. The second-order valence-electron chi connectivity index (χ2n) is 4.27. The van der Waals surface area contributed by atoms with Crippen LogP contribution in [-0.2, 0) is 0 Å². The van der Waals surface area contributed by atoms with Gasteiger partial charge in [-0.3, -0.25) is 5.10 Å². The zero-order chi connectivity index (χ0) is 11.0. The minimum absolute atomic E-state index is 0.508. The van der Waals surface area contributed by atoms with Crippen molar-refractivity contribution < 1.29 is 0 Å². The Labute approximate surface area is 93.9 Å². The molecule has 3 heterocycles. The van der Waals surface area contributed by atoms with Gasteiger partial charge in [0.15, 0.2) is 5.82 Å². The molecule has 16 heavy (non-hydrogen) atoms. The van der Waals surface area contributed by atoms with E-state index in [0.717, 1.165) is 36.4 Å². The van der Waals surface area contributed by atoms with Crippen LogP contribution in [0.4, 0.5) is 5.82 Å². The van der Waals surface area contributed by atoms with E-state index in [1.165, 1.54) is 0 Å². The first-order chi connectivity index (χ1) is 7.84. The van der Waals surface area contributed by atoms with Gasteiger partial charge in [0.2, 0.25) is 0 Å². The number of fused-ring (bicyclic) bond motifs is 1. The second kappa shape index (κ2) is 3.75. The molecule has 0 spiro atoms. The van der Waals surface area contributed by atoms with Gasteiger partial charge >= 0.3 is 0 Å². The van der Waals surface area contributed by atoms with Gasteiger partial charge in [-0.25, -0.2) is 4.98 Å². The van der Waals surface area contributed by atoms with Crippen molar-refractivity contribution in [1.82, 2.24) is 20.5 Å². The van der Waals surface area contributed by atoms with Crippen LogP contribution in [0.5, 0.6) is 0 Å². The molecule has 0 radical (unpaired) electrons. The van der Waals surface area contributed by atoms with Crippen molar-refractivity contribution in [2.75, 3.05) is 24.5 Å². The first kappa shape index (κ1) is 9.59. The third kappa shape index (κ3) is 1.53. The van der Waals surface area contributed by atoms with E-state index in [1.54, 1.807) is 0 Å². The topological polar surface area (TPSA) is 56.8 Å². The van der Waals surface area contributed by atoms with E-state index in [9.17, 15) is 0 Å². The van der Waals surface area contributed by atoms with Gasteiger partial charge in [0, 0.05) is 37.3 Å². The van der Waals surface area contributed by atoms with Gasteiger partial charge in [-0.05, 0) is 13.0 Å². The van der Waals surface area contributed by atoms with Crippen LogP contribution in [0.1, 0.15) is 6.92 Å². The fraction of sp³-hybridized carbons (Fsp3) is 0.455. The summed E-state index contributed by atoms with van der Waals surface area (Å²) in [5.41, 5.74) is 1.04. The van der Waals surface area contributed by atoms with Crippen LogP contribution in [0.25, 0.3) is 10.9 Å². The molecule has 0 aliphatic carbocycles. The smallest absolute Gasteiger partial charge is 0.154 e. The standard InChI is InChI=1S/C11H15N5/c1-8-7-16(5-4-12-8)11-10-9(2-3-13-11)6-14-15-10/h2-3,6,8,12H,4-5,7H2,1H3,(H,14,15)/t8-/m0/s1. The Balaban J connectivity index is 2.01. The molecule has 0 amide bonds. The number of hydrogen-bond donors (Lipinski definition) is 2. The number of H-pyrrole nitrogens is 1. The summed E-state index contributed by atoms with van der Waals surface area (Å²) in [6.45, 7) is 5.19. The number of hydrogen-bond acceptors (Lipinski definition) is 4. The Bertz CT molecular complexity index is 492. The molecule has 1 atom stereocenters. The maximum Gasteiger partial charge on any atom is 0.154 e. The highest BCUT2D eigenvalue weighted by atomic mass is 15.3. The van der Waals surface area contributed by atoms with Gasteiger partial charge in [0.1, 0.15) is 5.52 Å². The van der Waals surface area contributed by atoms with E-state index in [2.05, 4.69) is 32.3 Å². The molecule has 5 heteroatoms. The molecule has 2 N–H and O–H groups in total. The van der Waals surface area contributed by atoms with Crippen molar-refractivity contribution in [2.45, 2.75) is 13.0 Å². The molecule has 5 nitrogen and oxygen atoms in total. The number of nitrogens with zero attached hydrogens (tertiary/aromatic N) is 3. The lowest BCUT2D eigenvalue weighted by Gasteiger charge is -2.32.